The van der Waals surface area contributed by atoms with Crippen LogP contribution in [-0.2, 0) is 17.6 Å². The van der Waals surface area contributed by atoms with Gasteiger partial charge in [0.1, 0.15) is 12.7 Å². The van der Waals surface area contributed by atoms with Crippen molar-refractivity contribution in [2.75, 3.05) is 7.05 Å². The Morgan fingerprint density at radius 3 is 2.60 bits per heavy atom. The monoisotopic (exact) mass is 417 g/mol. The molecule has 2 aromatic heterocycles. The highest BCUT2D eigenvalue weighted by Crippen LogP contribution is 2.22. The Hall–Kier alpha value is -3.32. The van der Waals surface area contributed by atoms with Crippen molar-refractivity contribution in [3.05, 3.63) is 94.5 Å². The van der Waals surface area contributed by atoms with Crippen molar-refractivity contribution in [3.63, 3.8) is 0 Å². The number of likely N-dealkylation sites (N-methyl/N-ethyl adjacent to an activating group) is 1. The van der Waals surface area contributed by atoms with Crippen LogP contribution in [0.15, 0.2) is 72.6 Å². The van der Waals surface area contributed by atoms with Gasteiger partial charge in [0.15, 0.2) is 0 Å². The first-order valence-corrected chi connectivity index (χ1v) is 10.7. The summed E-state index contributed by atoms with van der Waals surface area (Å²) < 4.78 is 1.71. The number of carbonyl (C=O) groups is 1. The van der Waals surface area contributed by atoms with Gasteiger partial charge in [0.25, 0.3) is 0 Å². The average molecular weight is 418 g/mol. The van der Waals surface area contributed by atoms with E-state index in [1.165, 1.54) is 11.9 Å². The molecule has 0 spiro atoms. The van der Waals surface area contributed by atoms with Gasteiger partial charge in [-0.1, -0.05) is 42.5 Å². The quantitative estimate of drug-likeness (QED) is 0.455. The highest BCUT2D eigenvalue weighted by atomic mass is 32.1. The fourth-order valence-electron chi connectivity index (χ4n) is 3.25. The summed E-state index contributed by atoms with van der Waals surface area (Å²) in [6.07, 6.45) is 4.27. The van der Waals surface area contributed by atoms with E-state index in [9.17, 15) is 4.79 Å². The molecule has 0 N–H and O–H groups in total. The number of aromatic nitrogens is 4. The number of amides is 1. The van der Waals surface area contributed by atoms with Gasteiger partial charge < -0.3 is 4.90 Å². The molecule has 7 heteroatoms. The summed E-state index contributed by atoms with van der Waals surface area (Å²) in [4.78, 5) is 23.2. The third kappa shape index (κ3) is 4.63. The van der Waals surface area contributed by atoms with Gasteiger partial charge in [-0.05, 0) is 30.2 Å². The molecule has 30 heavy (non-hydrogen) atoms. The second-order valence-electron chi connectivity index (χ2n) is 7.18. The minimum atomic E-state index is -0.0373. The maximum atomic E-state index is 12.8. The zero-order valence-electron chi connectivity index (χ0n) is 17.0. The zero-order chi connectivity index (χ0) is 20.9. The van der Waals surface area contributed by atoms with E-state index in [1.54, 1.807) is 27.2 Å². The van der Waals surface area contributed by atoms with Crippen LogP contribution in [0.3, 0.4) is 0 Å². The minimum absolute atomic E-state index is 0.0373. The molecular formula is C23H23N5OS. The van der Waals surface area contributed by atoms with Gasteiger partial charge in [-0.3, -0.25) is 4.79 Å². The van der Waals surface area contributed by atoms with Crippen molar-refractivity contribution in [1.29, 1.82) is 0 Å². The van der Waals surface area contributed by atoms with Crippen molar-refractivity contribution >= 4 is 17.2 Å². The Morgan fingerprint density at radius 1 is 1.13 bits per heavy atom. The third-order valence-corrected chi connectivity index (χ3v) is 6.06. The van der Waals surface area contributed by atoms with E-state index in [0.717, 1.165) is 28.4 Å². The molecule has 6 nitrogen and oxygen atoms in total. The number of thiazole rings is 1. The molecule has 1 unspecified atom stereocenters. The predicted octanol–water partition coefficient (Wildman–Crippen LogP) is 4.08. The average Bonchev–Trinajstić information content (AvgIpc) is 3.46. The lowest BCUT2D eigenvalue weighted by Gasteiger charge is -2.25. The van der Waals surface area contributed by atoms with E-state index in [4.69, 9.17) is 0 Å². The van der Waals surface area contributed by atoms with Gasteiger partial charge in [0.05, 0.1) is 28.9 Å². The summed E-state index contributed by atoms with van der Waals surface area (Å²) in [5.41, 5.74) is 4.06. The van der Waals surface area contributed by atoms with E-state index in [2.05, 4.69) is 27.2 Å². The van der Waals surface area contributed by atoms with Crippen molar-refractivity contribution in [3.8, 4) is 5.69 Å². The van der Waals surface area contributed by atoms with Gasteiger partial charge in [0, 0.05) is 18.8 Å². The second kappa shape index (κ2) is 9.00. The summed E-state index contributed by atoms with van der Waals surface area (Å²) in [7, 11) is 1.84. The van der Waals surface area contributed by atoms with Crippen LogP contribution in [0.25, 0.3) is 5.69 Å². The van der Waals surface area contributed by atoms with E-state index >= 15 is 0 Å². The zero-order valence-corrected chi connectivity index (χ0v) is 17.8. The lowest BCUT2D eigenvalue weighted by Crippen LogP contribution is -2.31. The molecule has 0 aliphatic carbocycles. The summed E-state index contributed by atoms with van der Waals surface area (Å²) >= 11 is 1.61. The molecule has 1 atom stereocenters. The maximum Gasteiger partial charge on any atom is 0.228 e. The molecule has 2 aromatic carbocycles. The topological polar surface area (TPSA) is 63.9 Å². The number of carbonyl (C=O) groups excluding carboxylic acids is 1. The van der Waals surface area contributed by atoms with Gasteiger partial charge in [0.2, 0.25) is 5.91 Å². The standard InChI is InChI=1S/C23H23N5OS/c1-17(19-8-10-21(11-9-19)28-16-24-15-25-28)27(2)23(29)13-20-14-30-22(26-20)12-18-6-4-3-5-7-18/h3-11,14-17H,12-13H2,1-2H3. The fraction of sp³-hybridized carbons (Fsp3) is 0.217. The van der Waals surface area contributed by atoms with Gasteiger partial charge in [-0.15, -0.1) is 11.3 Å². The number of benzene rings is 2. The molecule has 0 saturated carbocycles. The van der Waals surface area contributed by atoms with E-state index in [-0.39, 0.29) is 11.9 Å². The normalized spacial score (nSPS) is 11.9. The molecule has 0 aliphatic rings. The number of hydrogen-bond acceptors (Lipinski definition) is 5. The SMILES string of the molecule is CC(c1ccc(-n2cncn2)cc1)N(C)C(=O)Cc1csc(Cc2ccccc2)n1. The molecule has 152 valence electrons. The molecule has 0 saturated heterocycles. The summed E-state index contributed by atoms with van der Waals surface area (Å²) in [5, 5.41) is 7.15. The fourth-order valence-corrected chi connectivity index (χ4v) is 4.08. The van der Waals surface area contributed by atoms with E-state index in [0.29, 0.717) is 6.42 Å². The van der Waals surface area contributed by atoms with E-state index < -0.39 is 0 Å². The lowest BCUT2D eigenvalue weighted by atomic mass is 10.1. The highest BCUT2D eigenvalue weighted by molar-refractivity contribution is 7.09. The van der Waals surface area contributed by atoms with Crippen LogP contribution in [0.2, 0.25) is 0 Å². The second-order valence-corrected chi connectivity index (χ2v) is 8.13. The Balaban J connectivity index is 1.37. The third-order valence-electron chi connectivity index (χ3n) is 5.16. The Morgan fingerprint density at radius 2 is 1.90 bits per heavy atom. The van der Waals surface area contributed by atoms with Crippen LogP contribution in [0.1, 0.15) is 34.8 Å². The van der Waals surface area contributed by atoms with Crippen LogP contribution in [0, 0.1) is 0 Å². The van der Waals surface area contributed by atoms with Crippen LogP contribution in [0.5, 0.6) is 0 Å². The van der Waals surface area contributed by atoms with Crippen molar-refractivity contribution < 1.29 is 4.79 Å². The molecule has 1 amide bonds. The Labute approximate surface area is 179 Å². The molecule has 0 aliphatic heterocycles. The summed E-state index contributed by atoms with van der Waals surface area (Å²) in [5.74, 6) is 0.0550. The van der Waals surface area contributed by atoms with Crippen molar-refractivity contribution in [2.24, 2.45) is 0 Å². The number of nitrogens with zero attached hydrogens (tertiary/aromatic N) is 5. The van der Waals surface area contributed by atoms with Crippen LogP contribution < -0.4 is 0 Å². The van der Waals surface area contributed by atoms with Crippen LogP contribution in [-0.4, -0.2) is 37.6 Å². The highest BCUT2D eigenvalue weighted by Gasteiger charge is 2.19. The molecule has 0 fully saturated rings. The van der Waals surface area contributed by atoms with E-state index in [1.807, 2.05) is 61.8 Å². The lowest BCUT2D eigenvalue weighted by molar-refractivity contribution is -0.131. The van der Waals surface area contributed by atoms with Gasteiger partial charge in [-0.25, -0.2) is 14.6 Å². The van der Waals surface area contributed by atoms with Crippen LogP contribution in [0.4, 0.5) is 0 Å². The van der Waals surface area contributed by atoms with Crippen molar-refractivity contribution in [1.82, 2.24) is 24.6 Å². The molecular weight excluding hydrogens is 394 g/mol. The first-order valence-electron chi connectivity index (χ1n) is 9.78. The Bertz CT molecular complexity index is 1090. The first-order chi connectivity index (χ1) is 14.6. The number of rotatable bonds is 7. The molecule has 2 heterocycles. The van der Waals surface area contributed by atoms with Gasteiger partial charge >= 0.3 is 0 Å². The van der Waals surface area contributed by atoms with Crippen LogP contribution >= 0.6 is 11.3 Å². The van der Waals surface area contributed by atoms with Gasteiger partial charge in [-0.2, -0.15) is 5.10 Å². The minimum Gasteiger partial charge on any atom is -0.339 e. The summed E-state index contributed by atoms with van der Waals surface area (Å²) in [6.45, 7) is 2.03. The maximum absolute atomic E-state index is 12.8. The molecule has 0 radical (unpaired) electrons. The largest absolute Gasteiger partial charge is 0.339 e. The van der Waals surface area contributed by atoms with Crippen molar-refractivity contribution in [2.45, 2.75) is 25.8 Å². The molecule has 0 bridgehead atoms. The predicted molar refractivity (Wildman–Crippen MR) is 118 cm³/mol. The first kappa shape index (κ1) is 20.0. The Kier molecular flexibility index (Phi) is 5.99. The summed E-state index contributed by atoms with van der Waals surface area (Å²) in [6, 6.07) is 18.2. The number of hydrogen-bond donors (Lipinski definition) is 0. The smallest absolute Gasteiger partial charge is 0.228 e. The molecule has 4 aromatic rings. The molecule has 4 rings (SSSR count).